The average Bonchev–Trinajstić information content (AvgIpc) is 3.05. The van der Waals surface area contributed by atoms with Gasteiger partial charge in [0.05, 0.1) is 12.4 Å². The van der Waals surface area contributed by atoms with Crippen molar-refractivity contribution < 1.29 is 19.0 Å². The van der Waals surface area contributed by atoms with Crippen LogP contribution in [-0.4, -0.2) is 69.8 Å². The highest BCUT2D eigenvalue weighted by atomic mass is 19.1. The van der Waals surface area contributed by atoms with Gasteiger partial charge in [-0.05, 0) is 80.0 Å². The maximum atomic E-state index is 13.5. The van der Waals surface area contributed by atoms with E-state index < -0.39 is 17.8 Å². The number of aromatic nitrogens is 3. The van der Waals surface area contributed by atoms with Gasteiger partial charge in [0.2, 0.25) is 0 Å². The number of carbonyl (C=O) groups is 1. The summed E-state index contributed by atoms with van der Waals surface area (Å²) in [4.78, 5) is 27.4. The summed E-state index contributed by atoms with van der Waals surface area (Å²) in [6, 6.07) is 18.5. The smallest absolute Gasteiger partial charge is 0.326 e. The number of hydrogen-bond acceptors (Lipinski definition) is 8. The molecule has 4 aromatic rings. The summed E-state index contributed by atoms with van der Waals surface area (Å²) >= 11 is 0. The molecule has 5 rings (SSSR count). The number of rotatable bonds is 16. The second kappa shape index (κ2) is 15.8. The standard InChI is InChI=1S/C34H39FN6O3/c35-28-22-30(24-36-23-28)44-20-19-41(17-5-4-10-29-12-11-26-9-6-15-38-33(26)39-29)18-14-31(34(42)43)40-32-21-27(13-16-37-32)25-7-2-1-3-8-25/h1-3,7-8,11-13,16,21-24,31H,4-6,9-10,14-15,17-20H2,(H,37,40)(H,38,39)(H,42,43). The van der Waals surface area contributed by atoms with Gasteiger partial charge < -0.3 is 20.5 Å². The third-order valence-electron chi connectivity index (χ3n) is 7.69. The van der Waals surface area contributed by atoms with Crippen LogP contribution in [0, 0.1) is 5.82 Å². The number of unbranched alkanes of at least 4 members (excludes halogenated alkanes) is 1. The normalized spacial score (nSPS) is 13.1. The molecule has 0 aliphatic carbocycles. The van der Waals surface area contributed by atoms with Crippen LogP contribution in [0.3, 0.4) is 0 Å². The van der Waals surface area contributed by atoms with Gasteiger partial charge in [-0.25, -0.2) is 19.2 Å². The van der Waals surface area contributed by atoms with E-state index in [2.05, 4.69) is 37.6 Å². The van der Waals surface area contributed by atoms with Gasteiger partial charge in [0.25, 0.3) is 0 Å². The molecule has 10 heteroatoms. The average molecular weight is 599 g/mol. The summed E-state index contributed by atoms with van der Waals surface area (Å²) in [5.74, 6) is 0.498. The van der Waals surface area contributed by atoms with Gasteiger partial charge in [0.15, 0.2) is 0 Å². The third-order valence-corrected chi connectivity index (χ3v) is 7.69. The molecular weight excluding hydrogens is 559 g/mol. The van der Waals surface area contributed by atoms with Crippen LogP contribution >= 0.6 is 0 Å². The predicted molar refractivity (Wildman–Crippen MR) is 169 cm³/mol. The van der Waals surface area contributed by atoms with Crippen LogP contribution < -0.4 is 15.4 Å². The third kappa shape index (κ3) is 9.21. The number of nitrogens with one attached hydrogen (secondary N) is 2. The van der Waals surface area contributed by atoms with Crippen molar-refractivity contribution >= 4 is 17.6 Å². The number of ether oxygens (including phenoxy) is 1. The Morgan fingerprint density at radius 2 is 1.93 bits per heavy atom. The lowest BCUT2D eigenvalue weighted by Gasteiger charge is -2.25. The van der Waals surface area contributed by atoms with Crippen LogP contribution in [0.2, 0.25) is 0 Å². The SMILES string of the molecule is O=C(O)C(CCN(CCCCc1ccc2c(n1)NCCC2)CCOc1cncc(F)c1)Nc1cc(-c2ccccc2)ccn1. The Morgan fingerprint density at radius 3 is 2.77 bits per heavy atom. The zero-order valence-electron chi connectivity index (χ0n) is 24.8. The number of halogens is 1. The minimum absolute atomic E-state index is 0.328. The maximum absolute atomic E-state index is 13.5. The molecule has 0 saturated heterocycles. The molecule has 4 heterocycles. The van der Waals surface area contributed by atoms with Gasteiger partial charge in [-0.1, -0.05) is 36.4 Å². The highest BCUT2D eigenvalue weighted by molar-refractivity contribution is 5.77. The summed E-state index contributed by atoms with van der Waals surface area (Å²) in [6.45, 7) is 3.16. The van der Waals surface area contributed by atoms with Crippen molar-refractivity contribution in [1.29, 1.82) is 0 Å². The van der Waals surface area contributed by atoms with Gasteiger partial charge in [-0.2, -0.15) is 0 Å². The molecule has 1 aliphatic rings. The van der Waals surface area contributed by atoms with Crippen molar-refractivity contribution in [3.8, 4) is 16.9 Å². The predicted octanol–water partition coefficient (Wildman–Crippen LogP) is 5.69. The Balaban J connectivity index is 1.17. The summed E-state index contributed by atoms with van der Waals surface area (Å²) in [5.41, 5.74) is 4.35. The Kier molecular flexibility index (Phi) is 11.1. The molecular formula is C34H39FN6O3. The topological polar surface area (TPSA) is 112 Å². The lowest BCUT2D eigenvalue weighted by molar-refractivity contribution is -0.138. The first kappa shape index (κ1) is 30.9. The first-order valence-corrected chi connectivity index (χ1v) is 15.2. The molecule has 0 radical (unpaired) electrons. The number of fused-ring (bicyclic) bond motifs is 1. The number of aryl methyl sites for hydroxylation is 2. The first-order valence-electron chi connectivity index (χ1n) is 15.2. The molecule has 230 valence electrons. The summed E-state index contributed by atoms with van der Waals surface area (Å²) < 4.78 is 19.3. The largest absolute Gasteiger partial charge is 0.491 e. The molecule has 44 heavy (non-hydrogen) atoms. The van der Waals surface area contributed by atoms with Crippen molar-refractivity contribution in [3.05, 3.63) is 96.3 Å². The Hall–Kier alpha value is -4.57. The van der Waals surface area contributed by atoms with Gasteiger partial charge in [0, 0.05) is 37.6 Å². The lowest BCUT2D eigenvalue weighted by Crippen LogP contribution is -2.37. The highest BCUT2D eigenvalue weighted by Crippen LogP contribution is 2.22. The molecule has 0 saturated carbocycles. The first-order chi connectivity index (χ1) is 21.5. The number of carboxylic acids is 1. The van der Waals surface area contributed by atoms with E-state index in [4.69, 9.17) is 9.72 Å². The summed E-state index contributed by atoms with van der Waals surface area (Å²) in [5, 5.41) is 16.5. The zero-order valence-corrected chi connectivity index (χ0v) is 24.8. The number of aliphatic carboxylic acids is 1. The van der Waals surface area contributed by atoms with Crippen molar-refractivity contribution in [1.82, 2.24) is 19.9 Å². The van der Waals surface area contributed by atoms with Crippen LogP contribution in [0.1, 0.15) is 36.9 Å². The van der Waals surface area contributed by atoms with Crippen molar-refractivity contribution in [2.24, 2.45) is 0 Å². The number of hydrogen-bond donors (Lipinski definition) is 3. The fourth-order valence-corrected chi connectivity index (χ4v) is 5.32. The Bertz CT molecular complexity index is 1510. The monoisotopic (exact) mass is 598 g/mol. The minimum Gasteiger partial charge on any atom is -0.491 e. The van der Waals surface area contributed by atoms with Crippen LogP contribution in [0.25, 0.3) is 11.1 Å². The number of carboxylic acid groups (broad SMARTS) is 1. The lowest BCUT2D eigenvalue weighted by atomic mass is 10.1. The second-order valence-electron chi connectivity index (χ2n) is 10.9. The molecule has 1 unspecified atom stereocenters. The van der Waals surface area contributed by atoms with Gasteiger partial charge in [-0.3, -0.25) is 9.88 Å². The zero-order chi connectivity index (χ0) is 30.6. The molecule has 0 amide bonds. The van der Waals surface area contributed by atoms with E-state index >= 15 is 0 Å². The maximum Gasteiger partial charge on any atom is 0.326 e. The van der Waals surface area contributed by atoms with Crippen molar-refractivity contribution in [2.75, 3.05) is 43.4 Å². The Morgan fingerprint density at radius 1 is 1.05 bits per heavy atom. The molecule has 0 bridgehead atoms. The van der Waals surface area contributed by atoms with E-state index in [0.717, 1.165) is 74.0 Å². The number of nitrogens with zero attached hydrogens (tertiary/aromatic N) is 4. The van der Waals surface area contributed by atoms with E-state index in [1.807, 2.05) is 42.5 Å². The number of pyridine rings is 3. The van der Waals surface area contributed by atoms with Crippen molar-refractivity contribution in [2.45, 2.75) is 44.6 Å². The van der Waals surface area contributed by atoms with Gasteiger partial charge in [0.1, 0.15) is 35.9 Å². The molecule has 1 aliphatic heterocycles. The number of benzene rings is 1. The van der Waals surface area contributed by atoms with Crippen LogP contribution in [-0.2, 0) is 17.6 Å². The minimum atomic E-state index is -0.939. The molecule has 0 fully saturated rings. The molecule has 3 N–H and O–H groups in total. The molecule has 1 aromatic carbocycles. The van der Waals surface area contributed by atoms with E-state index in [9.17, 15) is 14.3 Å². The van der Waals surface area contributed by atoms with Gasteiger partial charge in [-0.15, -0.1) is 0 Å². The number of anilines is 2. The Labute approximate surface area is 257 Å². The van der Waals surface area contributed by atoms with Gasteiger partial charge >= 0.3 is 5.97 Å². The molecule has 9 nitrogen and oxygen atoms in total. The second-order valence-corrected chi connectivity index (χ2v) is 10.9. The van der Waals surface area contributed by atoms with Crippen LogP contribution in [0.4, 0.5) is 16.0 Å². The molecule has 0 spiro atoms. The summed E-state index contributed by atoms with van der Waals surface area (Å²) in [6.07, 6.45) is 9.61. The van der Waals surface area contributed by atoms with Crippen LogP contribution in [0.15, 0.2) is 79.3 Å². The van der Waals surface area contributed by atoms with E-state index in [1.165, 1.54) is 17.8 Å². The van der Waals surface area contributed by atoms with E-state index in [1.54, 1.807) is 6.20 Å². The molecule has 1 atom stereocenters. The van der Waals surface area contributed by atoms with E-state index in [-0.39, 0.29) is 0 Å². The van der Waals surface area contributed by atoms with E-state index in [0.29, 0.717) is 37.7 Å². The summed E-state index contributed by atoms with van der Waals surface area (Å²) in [7, 11) is 0. The van der Waals surface area contributed by atoms with Crippen LogP contribution in [0.5, 0.6) is 5.75 Å². The molecule has 3 aromatic heterocycles. The van der Waals surface area contributed by atoms with Crippen molar-refractivity contribution in [3.63, 3.8) is 0 Å². The fourth-order valence-electron chi connectivity index (χ4n) is 5.32. The fraction of sp³-hybridized carbons (Fsp3) is 0.353. The highest BCUT2D eigenvalue weighted by Gasteiger charge is 2.20. The quantitative estimate of drug-likeness (QED) is 0.140.